The predicted molar refractivity (Wildman–Crippen MR) is 48.5 cm³/mol. The molecule has 0 spiro atoms. The first-order chi connectivity index (χ1) is 6.20. The molecule has 0 atom stereocenters. The van der Waals surface area contributed by atoms with Crippen molar-refractivity contribution in [1.29, 1.82) is 0 Å². The Labute approximate surface area is 75.5 Å². The molecule has 0 unspecified atom stereocenters. The van der Waals surface area contributed by atoms with Crippen LogP contribution >= 0.6 is 0 Å². The number of methoxy groups -OCH3 is 1. The van der Waals surface area contributed by atoms with Gasteiger partial charge in [-0.15, -0.1) is 4.91 Å². The van der Waals surface area contributed by atoms with Crippen molar-refractivity contribution in [1.82, 2.24) is 0 Å². The van der Waals surface area contributed by atoms with E-state index in [-0.39, 0.29) is 17.2 Å². The van der Waals surface area contributed by atoms with E-state index >= 15 is 0 Å². The summed E-state index contributed by atoms with van der Waals surface area (Å²) in [6.45, 7) is 1.41. The normalized spacial score (nSPS) is 9.38. The van der Waals surface area contributed by atoms with E-state index in [1.807, 2.05) is 0 Å². The Morgan fingerprint density at radius 3 is 2.62 bits per heavy atom. The molecule has 0 saturated heterocycles. The molecule has 0 fully saturated rings. The quantitative estimate of drug-likeness (QED) is 0.528. The minimum Gasteiger partial charge on any atom is -0.494 e. The fraction of sp³-hybridized carbons (Fsp3) is 0.222. The maximum atomic E-state index is 11.1. The summed E-state index contributed by atoms with van der Waals surface area (Å²) in [4.78, 5) is 21.4. The first kappa shape index (κ1) is 9.38. The van der Waals surface area contributed by atoms with Gasteiger partial charge in [0.25, 0.3) is 0 Å². The third-order valence-electron chi connectivity index (χ3n) is 1.68. The highest BCUT2D eigenvalue weighted by atomic mass is 16.5. The van der Waals surface area contributed by atoms with Crippen LogP contribution in [0.4, 0.5) is 5.69 Å². The number of hydrogen-bond donors (Lipinski definition) is 0. The molecule has 0 saturated carbocycles. The molecule has 0 heterocycles. The standard InChI is InChI=1S/C9H9NO3/c1-6(11)7-4-3-5-8(10-12)9(7)13-2/h3-5H,1-2H3. The summed E-state index contributed by atoms with van der Waals surface area (Å²) in [6.07, 6.45) is 0. The van der Waals surface area contributed by atoms with Gasteiger partial charge in [-0.25, -0.2) is 0 Å². The summed E-state index contributed by atoms with van der Waals surface area (Å²) in [7, 11) is 1.40. The number of rotatable bonds is 3. The minimum atomic E-state index is -0.151. The number of ketones is 1. The molecule has 4 nitrogen and oxygen atoms in total. The van der Waals surface area contributed by atoms with Crippen molar-refractivity contribution < 1.29 is 9.53 Å². The average Bonchev–Trinajstić information content (AvgIpc) is 2.16. The largest absolute Gasteiger partial charge is 0.494 e. The zero-order valence-corrected chi connectivity index (χ0v) is 7.40. The van der Waals surface area contributed by atoms with Crippen LogP contribution in [-0.4, -0.2) is 12.9 Å². The van der Waals surface area contributed by atoms with Crippen LogP contribution in [-0.2, 0) is 0 Å². The van der Waals surface area contributed by atoms with Crippen LogP contribution in [0.15, 0.2) is 23.4 Å². The van der Waals surface area contributed by atoms with Crippen molar-refractivity contribution in [2.45, 2.75) is 6.92 Å². The van der Waals surface area contributed by atoms with Crippen LogP contribution in [0, 0.1) is 4.91 Å². The highest BCUT2D eigenvalue weighted by Gasteiger charge is 2.12. The highest BCUT2D eigenvalue weighted by Crippen LogP contribution is 2.30. The van der Waals surface area contributed by atoms with E-state index in [0.717, 1.165) is 0 Å². The van der Waals surface area contributed by atoms with Gasteiger partial charge in [-0.2, -0.15) is 0 Å². The number of nitrogens with zero attached hydrogens (tertiary/aromatic N) is 1. The SMILES string of the molecule is COc1c(N=O)cccc1C(C)=O. The van der Waals surface area contributed by atoms with Gasteiger partial charge in [-0.05, 0) is 24.2 Å². The van der Waals surface area contributed by atoms with Crippen LogP contribution < -0.4 is 4.74 Å². The Morgan fingerprint density at radius 1 is 1.46 bits per heavy atom. The van der Waals surface area contributed by atoms with Crippen LogP contribution in [0.2, 0.25) is 0 Å². The van der Waals surface area contributed by atoms with Crippen molar-refractivity contribution in [3.05, 3.63) is 28.7 Å². The number of para-hydroxylation sites is 1. The van der Waals surface area contributed by atoms with E-state index in [9.17, 15) is 9.70 Å². The number of carbonyl (C=O) groups excluding carboxylic acids is 1. The summed E-state index contributed by atoms with van der Waals surface area (Å²) in [5.74, 6) is 0.0901. The van der Waals surface area contributed by atoms with Gasteiger partial charge < -0.3 is 4.74 Å². The first-order valence-electron chi connectivity index (χ1n) is 3.72. The fourth-order valence-corrected chi connectivity index (χ4v) is 1.09. The summed E-state index contributed by atoms with van der Waals surface area (Å²) in [6, 6.07) is 4.68. The molecule has 1 aromatic rings. The summed E-state index contributed by atoms with van der Waals surface area (Å²) in [5, 5.41) is 2.76. The van der Waals surface area contributed by atoms with E-state index in [4.69, 9.17) is 4.74 Å². The van der Waals surface area contributed by atoms with E-state index < -0.39 is 0 Å². The van der Waals surface area contributed by atoms with Gasteiger partial charge in [0.1, 0.15) is 0 Å². The molecule has 1 aromatic carbocycles. The van der Waals surface area contributed by atoms with Crippen LogP contribution in [0.5, 0.6) is 5.75 Å². The number of ether oxygens (including phenoxy) is 1. The second-order valence-electron chi connectivity index (χ2n) is 2.51. The summed E-state index contributed by atoms with van der Waals surface area (Å²) < 4.78 is 4.91. The Morgan fingerprint density at radius 2 is 2.15 bits per heavy atom. The lowest BCUT2D eigenvalue weighted by atomic mass is 10.1. The van der Waals surface area contributed by atoms with Crippen LogP contribution in [0.3, 0.4) is 0 Å². The molecule has 1 rings (SSSR count). The number of nitroso groups, excluding NO2 is 1. The van der Waals surface area contributed by atoms with Gasteiger partial charge in [0, 0.05) is 0 Å². The lowest BCUT2D eigenvalue weighted by molar-refractivity contribution is 0.101. The highest BCUT2D eigenvalue weighted by molar-refractivity contribution is 5.98. The molecule has 0 aliphatic carbocycles. The lowest BCUT2D eigenvalue weighted by Crippen LogP contribution is -1.96. The molecule has 4 heteroatoms. The topological polar surface area (TPSA) is 55.7 Å². The first-order valence-corrected chi connectivity index (χ1v) is 3.72. The fourth-order valence-electron chi connectivity index (χ4n) is 1.09. The number of carbonyl (C=O) groups is 1. The number of Topliss-reactive ketones (excluding diaryl/α,β-unsaturated/α-hetero) is 1. The van der Waals surface area contributed by atoms with Gasteiger partial charge in [0.15, 0.2) is 17.2 Å². The molecular weight excluding hydrogens is 170 g/mol. The van der Waals surface area contributed by atoms with E-state index in [1.165, 1.54) is 20.1 Å². The van der Waals surface area contributed by atoms with Gasteiger partial charge >= 0.3 is 0 Å². The number of benzene rings is 1. The Balaban J connectivity index is 3.35. The Bertz CT molecular complexity index is 347. The molecule has 0 aliphatic rings. The van der Waals surface area contributed by atoms with Crippen molar-refractivity contribution in [3.8, 4) is 5.75 Å². The predicted octanol–water partition coefficient (Wildman–Crippen LogP) is 2.30. The molecule has 0 aromatic heterocycles. The molecule has 0 radical (unpaired) electrons. The maximum absolute atomic E-state index is 11.1. The van der Waals surface area contributed by atoms with Gasteiger partial charge in [0.2, 0.25) is 0 Å². The average molecular weight is 179 g/mol. The third kappa shape index (κ3) is 1.72. The third-order valence-corrected chi connectivity index (χ3v) is 1.68. The Hall–Kier alpha value is -1.71. The zero-order chi connectivity index (χ0) is 9.84. The second kappa shape index (κ2) is 3.80. The van der Waals surface area contributed by atoms with E-state index in [2.05, 4.69) is 5.18 Å². The van der Waals surface area contributed by atoms with Crippen LogP contribution in [0.25, 0.3) is 0 Å². The van der Waals surface area contributed by atoms with Crippen LogP contribution in [0.1, 0.15) is 17.3 Å². The molecule has 0 amide bonds. The minimum absolute atomic E-state index is 0.148. The molecule has 0 N–H and O–H groups in total. The smallest absolute Gasteiger partial charge is 0.163 e. The molecular formula is C9H9NO3. The maximum Gasteiger partial charge on any atom is 0.163 e. The van der Waals surface area contributed by atoms with E-state index in [0.29, 0.717) is 5.56 Å². The van der Waals surface area contributed by atoms with Crippen molar-refractivity contribution in [2.75, 3.05) is 7.11 Å². The monoisotopic (exact) mass is 179 g/mol. The second-order valence-corrected chi connectivity index (χ2v) is 2.51. The van der Waals surface area contributed by atoms with Crippen molar-refractivity contribution in [2.24, 2.45) is 5.18 Å². The van der Waals surface area contributed by atoms with Crippen molar-refractivity contribution >= 4 is 11.5 Å². The lowest BCUT2D eigenvalue weighted by Gasteiger charge is -2.05. The zero-order valence-electron chi connectivity index (χ0n) is 7.40. The Kier molecular flexibility index (Phi) is 2.74. The summed E-state index contributed by atoms with van der Waals surface area (Å²) in [5.41, 5.74) is 0.523. The van der Waals surface area contributed by atoms with Gasteiger partial charge in [-0.1, -0.05) is 6.07 Å². The molecule has 0 bridgehead atoms. The van der Waals surface area contributed by atoms with Gasteiger partial charge in [-0.3, -0.25) is 4.79 Å². The van der Waals surface area contributed by atoms with Crippen molar-refractivity contribution in [3.63, 3.8) is 0 Å². The molecule has 68 valence electrons. The van der Waals surface area contributed by atoms with E-state index in [1.54, 1.807) is 12.1 Å². The van der Waals surface area contributed by atoms with Gasteiger partial charge in [0.05, 0.1) is 12.7 Å². The molecule has 0 aliphatic heterocycles. The number of hydrogen-bond acceptors (Lipinski definition) is 4. The summed E-state index contributed by atoms with van der Waals surface area (Å²) >= 11 is 0. The molecule has 13 heavy (non-hydrogen) atoms.